The number of nitrogens with zero attached hydrogens (tertiary/aromatic N) is 2. The molecular weight excluding hydrogens is 298 g/mol. The monoisotopic (exact) mass is 325 g/mol. The molecule has 6 heteroatoms. The van der Waals surface area contributed by atoms with Gasteiger partial charge in [0, 0.05) is 30.1 Å². The van der Waals surface area contributed by atoms with E-state index in [0.717, 1.165) is 25.1 Å². The Morgan fingerprint density at radius 3 is 2.86 bits per heavy atom. The second-order valence-corrected chi connectivity index (χ2v) is 7.68. The molecule has 1 aromatic rings. The van der Waals surface area contributed by atoms with E-state index in [-0.39, 0.29) is 24.2 Å². The summed E-state index contributed by atoms with van der Waals surface area (Å²) in [5.41, 5.74) is 2.46. The standard InChI is InChI=1S/C16H27N3O2S/c1-11(14-9-22-10-17-14)18-13-7-6-8-19(12(13)2)15(20)21-16(3,4)5/h9-13,18H,6-8H2,1-5H3. The molecule has 1 aliphatic heterocycles. The van der Waals surface area contributed by atoms with Crippen molar-refractivity contribution < 1.29 is 9.53 Å². The molecule has 2 rings (SSSR count). The minimum absolute atomic E-state index is 0.115. The maximum atomic E-state index is 12.3. The van der Waals surface area contributed by atoms with Crippen LogP contribution in [0.25, 0.3) is 0 Å². The molecule has 124 valence electrons. The minimum Gasteiger partial charge on any atom is -0.444 e. The lowest BCUT2D eigenvalue weighted by atomic mass is 9.97. The number of ether oxygens (including phenoxy) is 1. The molecule has 0 aromatic carbocycles. The summed E-state index contributed by atoms with van der Waals surface area (Å²) in [6, 6.07) is 0.569. The third-order valence-corrected chi connectivity index (χ3v) is 4.58. The van der Waals surface area contributed by atoms with Gasteiger partial charge < -0.3 is 15.0 Å². The molecule has 5 nitrogen and oxygen atoms in total. The van der Waals surface area contributed by atoms with E-state index in [1.54, 1.807) is 11.3 Å². The van der Waals surface area contributed by atoms with Crippen LogP contribution < -0.4 is 5.32 Å². The number of rotatable bonds is 3. The zero-order chi connectivity index (χ0) is 16.3. The lowest BCUT2D eigenvalue weighted by Crippen LogP contribution is -2.55. The summed E-state index contributed by atoms with van der Waals surface area (Å²) in [7, 11) is 0. The van der Waals surface area contributed by atoms with E-state index < -0.39 is 5.60 Å². The van der Waals surface area contributed by atoms with Crippen LogP contribution in [0.1, 0.15) is 59.2 Å². The van der Waals surface area contributed by atoms with Gasteiger partial charge in [0.1, 0.15) is 5.60 Å². The number of hydrogen-bond acceptors (Lipinski definition) is 5. The van der Waals surface area contributed by atoms with Crippen LogP contribution in [0.2, 0.25) is 0 Å². The molecule has 0 spiro atoms. The van der Waals surface area contributed by atoms with Crippen LogP contribution in [0, 0.1) is 0 Å². The van der Waals surface area contributed by atoms with E-state index in [1.807, 2.05) is 31.2 Å². The molecule has 0 aliphatic carbocycles. The number of piperidine rings is 1. The number of amides is 1. The number of carbonyl (C=O) groups is 1. The smallest absolute Gasteiger partial charge is 0.410 e. The van der Waals surface area contributed by atoms with Crippen molar-refractivity contribution >= 4 is 17.4 Å². The van der Waals surface area contributed by atoms with Gasteiger partial charge in [-0.3, -0.25) is 0 Å². The van der Waals surface area contributed by atoms with E-state index >= 15 is 0 Å². The first-order valence-electron chi connectivity index (χ1n) is 7.91. The lowest BCUT2D eigenvalue weighted by molar-refractivity contribution is 0.00641. The molecule has 0 saturated carbocycles. The molecule has 2 heterocycles. The molecular formula is C16H27N3O2S. The summed E-state index contributed by atoms with van der Waals surface area (Å²) in [4.78, 5) is 18.6. The number of thiazole rings is 1. The van der Waals surface area contributed by atoms with Gasteiger partial charge in [0.25, 0.3) is 0 Å². The number of carbonyl (C=O) groups excluding carboxylic acids is 1. The Labute approximate surface area is 137 Å². The van der Waals surface area contributed by atoms with Crippen LogP contribution in [0.3, 0.4) is 0 Å². The molecule has 1 fully saturated rings. The molecule has 1 saturated heterocycles. The average Bonchev–Trinajstić information content (AvgIpc) is 2.93. The van der Waals surface area contributed by atoms with Gasteiger partial charge in [-0.25, -0.2) is 9.78 Å². The van der Waals surface area contributed by atoms with Crippen molar-refractivity contribution in [3.63, 3.8) is 0 Å². The van der Waals surface area contributed by atoms with Crippen molar-refractivity contribution in [2.24, 2.45) is 0 Å². The van der Waals surface area contributed by atoms with Crippen molar-refractivity contribution in [1.82, 2.24) is 15.2 Å². The molecule has 1 aliphatic rings. The second kappa shape index (κ2) is 6.96. The van der Waals surface area contributed by atoms with Crippen LogP contribution in [0.4, 0.5) is 4.79 Å². The fraction of sp³-hybridized carbons (Fsp3) is 0.750. The second-order valence-electron chi connectivity index (χ2n) is 6.96. The van der Waals surface area contributed by atoms with Crippen LogP contribution in [0.5, 0.6) is 0 Å². The third-order valence-electron chi connectivity index (χ3n) is 3.98. The molecule has 3 unspecified atom stereocenters. The van der Waals surface area contributed by atoms with Crippen molar-refractivity contribution in [2.75, 3.05) is 6.54 Å². The van der Waals surface area contributed by atoms with Gasteiger partial charge in [0.2, 0.25) is 0 Å². The van der Waals surface area contributed by atoms with Crippen molar-refractivity contribution in [2.45, 2.75) is 71.2 Å². The largest absolute Gasteiger partial charge is 0.444 e. The van der Waals surface area contributed by atoms with E-state index in [4.69, 9.17) is 4.74 Å². The summed E-state index contributed by atoms with van der Waals surface area (Å²) in [5, 5.41) is 5.68. The van der Waals surface area contributed by atoms with Crippen LogP contribution in [-0.2, 0) is 4.74 Å². The highest BCUT2D eigenvalue weighted by Gasteiger charge is 2.34. The fourth-order valence-electron chi connectivity index (χ4n) is 2.79. The van der Waals surface area contributed by atoms with Gasteiger partial charge in [-0.15, -0.1) is 11.3 Å². The minimum atomic E-state index is -0.453. The maximum absolute atomic E-state index is 12.3. The summed E-state index contributed by atoms with van der Waals surface area (Å²) in [5.74, 6) is 0. The Hall–Kier alpha value is -1.14. The van der Waals surface area contributed by atoms with E-state index in [9.17, 15) is 4.79 Å². The first-order valence-corrected chi connectivity index (χ1v) is 8.86. The molecule has 1 N–H and O–H groups in total. The van der Waals surface area contributed by atoms with Crippen molar-refractivity contribution in [3.8, 4) is 0 Å². The Balaban J connectivity index is 1.97. The first kappa shape index (κ1) is 17.2. The zero-order valence-corrected chi connectivity index (χ0v) is 14.9. The number of hydrogen-bond donors (Lipinski definition) is 1. The SMILES string of the molecule is CC(NC1CCCN(C(=O)OC(C)(C)C)C1C)c1cscn1. The van der Waals surface area contributed by atoms with E-state index in [0.29, 0.717) is 0 Å². The molecule has 22 heavy (non-hydrogen) atoms. The summed E-state index contributed by atoms with van der Waals surface area (Å²) >= 11 is 1.61. The van der Waals surface area contributed by atoms with Crippen molar-refractivity contribution in [3.05, 3.63) is 16.6 Å². The van der Waals surface area contributed by atoms with Gasteiger partial charge in [-0.05, 0) is 47.5 Å². The summed E-state index contributed by atoms with van der Waals surface area (Å²) in [6.45, 7) is 10.7. The molecule has 3 atom stereocenters. The number of aromatic nitrogens is 1. The molecule has 0 bridgehead atoms. The fourth-order valence-corrected chi connectivity index (χ4v) is 3.43. The Bertz CT molecular complexity index is 484. The predicted molar refractivity (Wildman–Crippen MR) is 89.1 cm³/mol. The van der Waals surface area contributed by atoms with Gasteiger partial charge in [-0.1, -0.05) is 0 Å². The van der Waals surface area contributed by atoms with E-state index in [2.05, 4.69) is 29.5 Å². The predicted octanol–water partition coefficient (Wildman–Crippen LogP) is 3.58. The molecule has 1 amide bonds. The third kappa shape index (κ3) is 4.43. The molecule has 1 aromatic heterocycles. The van der Waals surface area contributed by atoms with Crippen LogP contribution in [-0.4, -0.2) is 40.2 Å². The number of nitrogens with one attached hydrogen (secondary N) is 1. The van der Waals surface area contributed by atoms with Gasteiger partial charge in [0.05, 0.1) is 11.2 Å². The Morgan fingerprint density at radius 2 is 2.27 bits per heavy atom. The normalized spacial score (nSPS) is 24.1. The highest BCUT2D eigenvalue weighted by atomic mass is 32.1. The Kier molecular flexibility index (Phi) is 5.45. The van der Waals surface area contributed by atoms with E-state index in [1.165, 1.54) is 0 Å². The summed E-state index contributed by atoms with van der Waals surface area (Å²) < 4.78 is 5.52. The zero-order valence-electron chi connectivity index (χ0n) is 14.1. The van der Waals surface area contributed by atoms with Crippen LogP contribution in [0.15, 0.2) is 10.9 Å². The summed E-state index contributed by atoms with van der Waals surface area (Å²) in [6.07, 6.45) is 1.84. The highest BCUT2D eigenvalue weighted by molar-refractivity contribution is 7.07. The Morgan fingerprint density at radius 1 is 1.55 bits per heavy atom. The first-order chi connectivity index (χ1) is 10.3. The lowest BCUT2D eigenvalue weighted by Gasteiger charge is -2.41. The highest BCUT2D eigenvalue weighted by Crippen LogP contribution is 2.23. The van der Waals surface area contributed by atoms with Crippen molar-refractivity contribution in [1.29, 1.82) is 0 Å². The van der Waals surface area contributed by atoms with Gasteiger partial charge in [-0.2, -0.15) is 0 Å². The number of likely N-dealkylation sites (tertiary alicyclic amines) is 1. The van der Waals surface area contributed by atoms with Gasteiger partial charge >= 0.3 is 6.09 Å². The quantitative estimate of drug-likeness (QED) is 0.923. The topological polar surface area (TPSA) is 54.5 Å². The average molecular weight is 325 g/mol. The van der Waals surface area contributed by atoms with Gasteiger partial charge in [0.15, 0.2) is 0 Å². The maximum Gasteiger partial charge on any atom is 0.410 e. The van der Waals surface area contributed by atoms with Crippen LogP contribution >= 0.6 is 11.3 Å². The molecule has 0 radical (unpaired) electrons.